The zero-order valence-electron chi connectivity index (χ0n) is 14.7. The van der Waals surface area contributed by atoms with Crippen LogP contribution in [0.2, 0.25) is 0 Å². The van der Waals surface area contributed by atoms with Crippen molar-refractivity contribution in [1.29, 1.82) is 0 Å². The van der Waals surface area contributed by atoms with Gasteiger partial charge in [0.15, 0.2) is 11.5 Å². The lowest BCUT2D eigenvalue weighted by atomic mass is 9.88. The maximum Gasteiger partial charge on any atom is 0.287 e. The fraction of sp³-hybridized carbons (Fsp3) is 0.444. The molecule has 0 saturated carbocycles. The standard InChI is InChI=1S/C18H24N2O4/c1-11(2)18(5,20-17(22)15-13(4)7-9-24-15)10-19-16(21)14-12(3)6-8-23-14/h6-9,11H,10H2,1-5H3,(H,19,21)(H,20,22)/t18-/m1/s1. The van der Waals surface area contributed by atoms with E-state index in [2.05, 4.69) is 10.6 Å². The normalized spacial score (nSPS) is 13.6. The molecule has 2 rings (SSSR count). The van der Waals surface area contributed by atoms with Crippen molar-refractivity contribution in [2.45, 2.75) is 40.2 Å². The monoisotopic (exact) mass is 332 g/mol. The van der Waals surface area contributed by atoms with Gasteiger partial charge in [-0.1, -0.05) is 13.8 Å². The summed E-state index contributed by atoms with van der Waals surface area (Å²) in [6, 6.07) is 3.47. The fourth-order valence-corrected chi connectivity index (χ4v) is 2.26. The lowest BCUT2D eigenvalue weighted by Gasteiger charge is -2.34. The van der Waals surface area contributed by atoms with Crippen molar-refractivity contribution in [3.63, 3.8) is 0 Å². The predicted molar refractivity (Wildman–Crippen MR) is 89.9 cm³/mol. The highest BCUT2D eigenvalue weighted by atomic mass is 16.3. The Bertz CT molecular complexity index is 729. The minimum Gasteiger partial charge on any atom is -0.459 e. The van der Waals surface area contributed by atoms with Crippen LogP contribution in [0.4, 0.5) is 0 Å². The summed E-state index contributed by atoms with van der Waals surface area (Å²) in [6.07, 6.45) is 2.96. The Morgan fingerprint density at radius 3 is 1.96 bits per heavy atom. The average Bonchev–Trinajstić information content (AvgIpc) is 3.13. The summed E-state index contributed by atoms with van der Waals surface area (Å²) < 4.78 is 10.4. The molecule has 2 N–H and O–H groups in total. The van der Waals surface area contributed by atoms with Crippen molar-refractivity contribution in [3.8, 4) is 0 Å². The lowest BCUT2D eigenvalue weighted by Crippen LogP contribution is -2.57. The molecule has 0 aliphatic heterocycles. The van der Waals surface area contributed by atoms with Crippen molar-refractivity contribution in [3.05, 3.63) is 47.3 Å². The zero-order chi connectivity index (χ0) is 17.9. The van der Waals surface area contributed by atoms with Gasteiger partial charge < -0.3 is 19.5 Å². The maximum absolute atomic E-state index is 12.4. The van der Waals surface area contributed by atoms with Crippen LogP contribution in [0.25, 0.3) is 0 Å². The topological polar surface area (TPSA) is 84.5 Å². The van der Waals surface area contributed by atoms with Crippen molar-refractivity contribution in [1.82, 2.24) is 10.6 Å². The highest BCUT2D eigenvalue weighted by Gasteiger charge is 2.32. The van der Waals surface area contributed by atoms with E-state index in [0.717, 1.165) is 11.1 Å². The fourth-order valence-electron chi connectivity index (χ4n) is 2.26. The number of aryl methyl sites for hydroxylation is 2. The smallest absolute Gasteiger partial charge is 0.287 e. The first-order chi connectivity index (χ1) is 11.2. The van der Waals surface area contributed by atoms with Crippen molar-refractivity contribution >= 4 is 11.8 Å². The Labute approximate surface area is 141 Å². The molecule has 0 aliphatic carbocycles. The van der Waals surface area contributed by atoms with Crippen molar-refractivity contribution < 1.29 is 18.4 Å². The highest BCUT2D eigenvalue weighted by molar-refractivity contribution is 5.94. The molecule has 0 fully saturated rings. The molecule has 24 heavy (non-hydrogen) atoms. The maximum atomic E-state index is 12.4. The third-order valence-corrected chi connectivity index (χ3v) is 4.43. The molecular weight excluding hydrogens is 308 g/mol. The Morgan fingerprint density at radius 2 is 1.54 bits per heavy atom. The predicted octanol–water partition coefficient (Wildman–Crippen LogP) is 3.06. The van der Waals surface area contributed by atoms with Gasteiger partial charge in [-0.2, -0.15) is 0 Å². The van der Waals surface area contributed by atoms with Crippen LogP contribution in [0, 0.1) is 19.8 Å². The Morgan fingerprint density at radius 1 is 1.04 bits per heavy atom. The first-order valence-corrected chi connectivity index (χ1v) is 7.93. The molecule has 0 bridgehead atoms. The Kier molecular flexibility index (Phi) is 5.17. The van der Waals surface area contributed by atoms with Crippen LogP contribution in [0.15, 0.2) is 33.5 Å². The number of carbonyl (C=O) groups excluding carboxylic acids is 2. The van der Waals surface area contributed by atoms with E-state index in [1.54, 1.807) is 12.1 Å². The second-order valence-electron chi connectivity index (χ2n) is 6.57. The lowest BCUT2D eigenvalue weighted by molar-refractivity contribution is 0.0814. The largest absolute Gasteiger partial charge is 0.459 e. The number of nitrogens with one attached hydrogen (secondary N) is 2. The molecule has 2 aromatic heterocycles. The van der Waals surface area contributed by atoms with Crippen molar-refractivity contribution in [2.24, 2.45) is 5.92 Å². The van der Waals surface area contributed by atoms with Gasteiger partial charge in [0.2, 0.25) is 0 Å². The molecule has 0 spiro atoms. The van der Waals surface area contributed by atoms with E-state index in [1.165, 1.54) is 12.5 Å². The zero-order valence-corrected chi connectivity index (χ0v) is 14.7. The van der Waals surface area contributed by atoms with E-state index >= 15 is 0 Å². The molecule has 2 aromatic rings. The SMILES string of the molecule is Cc1ccoc1C(=O)NC[C@@](C)(NC(=O)c1occc1C)C(C)C. The summed E-state index contributed by atoms with van der Waals surface area (Å²) in [4.78, 5) is 24.7. The number of amides is 2. The van der Waals surface area contributed by atoms with Crippen LogP contribution in [-0.2, 0) is 0 Å². The number of hydrogen-bond donors (Lipinski definition) is 2. The first kappa shape index (κ1) is 17.8. The van der Waals surface area contributed by atoms with Crippen LogP contribution in [0.1, 0.15) is 53.0 Å². The van der Waals surface area contributed by atoms with Crippen LogP contribution < -0.4 is 10.6 Å². The van der Waals surface area contributed by atoms with Crippen LogP contribution in [0.5, 0.6) is 0 Å². The van der Waals surface area contributed by atoms with E-state index < -0.39 is 5.54 Å². The minimum atomic E-state index is -0.632. The van der Waals surface area contributed by atoms with E-state index in [0.29, 0.717) is 0 Å². The van der Waals surface area contributed by atoms with Crippen LogP contribution in [-0.4, -0.2) is 23.9 Å². The van der Waals surface area contributed by atoms with Gasteiger partial charge in [-0.15, -0.1) is 0 Å². The van der Waals surface area contributed by atoms with Crippen LogP contribution in [0.3, 0.4) is 0 Å². The van der Waals surface area contributed by atoms with Gasteiger partial charge in [0.25, 0.3) is 11.8 Å². The van der Waals surface area contributed by atoms with Gasteiger partial charge in [-0.3, -0.25) is 9.59 Å². The van der Waals surface area contributed by atoms with Gasteiger partial charge in [-0.05, 0) is 38.8 Å². The van der Waals surface area contributed by atoms with Gasteiger partial charge in [0.1, 0.15) is 0 Å². The summed E-state index contributed by atoms with van der Waals surface area (Å²) in [5.41, 5.74) is 0.912. The third-order valence-electron chi connectivity index (χ3n) is 4.43. The van der Waals surface area contributed by atoms with Crippen molar-refractivity contribution in [2.75, 3.05) is 6.54 Å². The second-order valence-corrected chi connectivity index (χ2v) is 6.57. The number of hydrogen-bond acceptors (Lipinski definition) is 4. The first-order valence-electron chi connectivity index (χ1n) is 7.93. The molecule has 0 saturated heterocycles. The van der Waals surface area contributed by atoms with E-state index in [4.69, 9.17) is 8.83 Å². The summed E-state index contributed by atoms with van der Waals surface area (Å²) in [6.45, 7) is 9.76. The minimum absolute atomic E-state index is 0.0923. The molecule has 0 aromatic carbocycles. The third kappa shape index (κ3) is 3.69. The van der Waals surface area contributed by atoms with E-state index in [9.17, 15) is 9.59 Å². The average molecular weight is 332 g/mol. The summed E-state index contributed by atoms with van der Waals surface area (Å²) in [5, 5.41) is 5.81. The van der Waals surface area contributed by atoms with Crippen LogP contribution >= 0.6 is 0 Å². The number of rotatable bonds is 6. The molecule has 6 nitrogen and oxygen atoms in total. The molecule has 130 valence electrons. The molecule has 0 unspecified atom stereocenters. The summed E-state index contributed by atoms with van der Waals surface area (Å²) >= 11 is 0. The van der Waals surface area contributed by atoms with Gasteiger partial charge in [0.05, 0.1) is 18.1 Å². The van der Waals surface area contributed by atoms with Gasteiger partial charge >= 0.3 is 0 Å². The molecule has 2 amide bonds. The Balaban J connectivity index is 2.07. The molecule has 0 radical (unpaired) electrons. The molecular formula is C18H24N2O4. The second kappa shape index (κ2) is 6.95. The van der Waals surface area contributed by atoms with E-state index in [-0.39, 0.29) is 35.8 Å². The summed E-state index contributed by atoms with van der Waals surface area (Å²) in [7, 11) is 0. The molecule has 2 heterocycles. The van der Waals surface area contributed by atoms with Gasteiger partial charge in [-0.25, -0.2) is 0 Å². The quantitative estimate of drug-likeness (QED) is 0.851. The Hall–Kier alpha value is -2.50. The summed E-state index contributed by atoms with van der Waals surface area (Å²) in [5.74, 6) is 0.0732. The number of furan rings is 2. The molecule has 6 heteroatoms. The molecule has 0 aliphatic rings. The molecule has 1 atom stereocenters. The van der Waals surface area contributed by atoms with Gasteiger partial charge in [0, 0.05) is 17.7 Å². The number of carbonyl (C=O) groups is 2. The highest BCUT2D eigenvalue weighted by Crippen LogP contribution is 2.18. The van der Waals surface area contributed by atoms with E-state index in [1.807, 2.05) is 34.6 Å².